The van der Waals surface area contributed by atoms with Crippen molar-refractivity contribution >= 4 is 5.97 Å². The van der Waals surface area contributed by atoms with E-state index in [0.717, 1.165) is 18.9 Å². The van der Waals surface area contributed by atoms with Crippen LogP contribution in [0.15, 0.2) is 60.7 Å². The van der Waals surface area contributed by atoms with E-state index in [2.05, 4.69) is 72.5 Å². The van der Waals surface area contributed by atoms with Crippen molar-refractivity contribution in [3.63, 3.8) is 0 Å². The van der Waals surface area contributed by atoms with Gasteiger partial charge in [0.05, 0.1) is 13.0 Å². The summed E-state index contributed by atoms with van der Waals surface area (Å²) in [5.41, 5.74) is 2.58. The van der Waals surface area contributed by atoms with Crippen molar-refractivity contribution in [3.8, 4) is 0 Å². The minimum Gasteiger partial charge on any atom is -0.466 e. The van der Waals surface area contributed by atoms with Gasteiger partial charge in [0.15, 0.2) is 0 Å². The monoisotopic (exact) mass is 421 g/mol. The van der Waals surface area contributed by atoms with Gasteiger partial charge in [0, 0.05) is 18.6 Å². The molecule has 1 saturated carbocycles. The molecule has 0 saturated heterocycles. The highest BCUT2D eigenvalue weighted by molar-refractivity contribution is 5.70. The highest BCUT2D eigenvalue weighted by Crippen LogP contribution is 2.32. The zero-order chi connectivity index (χ0) is 21.9. The minimum absolute atomic E-state index is 0.0746. The van der Waals surface area contributed by atoms with E-state index >= 15 is 0 Å². The van der Waals surface area contributed by atoms with E-state index in [-0.39, 0.29) is 18.1 Å². The normalized spacial score (nSPS) is 16.7. The maximum Gasteiger partial charge on any atom is 0.307 e. The van der Waals surface area contributed by atoms with Gasteiger partial charge in [-0.3, -0.25) is 9.69 Å². The number of ether oxygens (including phenoxy) is 1. The molecule has 1 aliphatic carbocycles. The number of benzene rings is 2. The number of carbonyl (C=O) groups is 1. The molecule has 2 aromatic carbocycles. The first kappa shape index (κ1) is 23.5. The number of nitrogens with zero attached hydrogens (tertiary/aromatic N) is 1. The highest BCUT2D eigenvalue weighted by Gasteiger charge is 2.28. The Labute approximate surface area is 188 Å². The van der Waals surface area contributed by atoms with E-state index in [9.17, 15) is 4.79 Å². The molecule has 0 aromatic heterocycles. The van der Waals surface area contributed by atoms with Crippen LogP contribution in [0.3, 0.4) is 0 Å². The van der Waals surface area contributed by atoms with Gasteiger partial charge in [-0.25, -0.2) is 0 Å². The molecule has 2 atom stereocenters. The molecule has 168 valence electrons. The fraction of sp³-hybridized carbons (Fsp3) is 0.536. The standard InChI is InChI=1S/C28H39NO2/c1-3-31-28(30)21-27(20-19-24-13-7-4-8-14-24)29(22-25-15-9-5-10-16-25)23(2)26-17-11-6-12-18-26/h5-6,9-12,15-18,23-24,27H,3-4,7-8,13-14,19-22H2,1-2H3/t23-,27-/m0/s1. The topological polar surface area (TPSA) is 29.5 Å². The predicted molar refractivity (Wildman–Crippen MR) is 128 cm³/mol. The fourth-order valence-electron chi connectivity index (χ4n) is 5.00. The van der Waals surface area contributed by atoms with E-state index in [1.54, 1.807) is 0 Å². The van der Waals surface area contributed by atoms with Gasteiger partial charge in [-0.1, -0.05) is 92.8 Å². The Morgan fingerprint density at radius 2 is 1.65 bits per heavy atom. The zero-order valence-electron chi connectivity index (χ0n) is 19.3. The SMILES string of the molecule is CCOC(=O)C[C@H](CCC1CCCCC1)N(Cc1ccccc1)[C@@H](C)c1ccccc1. The quantitative estimate of drug-likeness (QED) is 0.368. The van der Waals surface area contributed by atoms with Crippen LogP contribution >= 0.6 is 0 Å². The van der Waals surface area contributed by atoms with E-state index < -0.39 is 0 Å². The zero-order valence-corrected chi connectivity index (χ0v) is 19.3. The summed E-state index contributed by atoms with van der Waals surface area (Å²) in [6.45, 7) is 5.45. The Bertz CT molecular complexity index is 755. The number of hydrogen-bond acceptors (Lipinski definition) is 3. The van der Waals surface area contributed by atoms with Gasteiger partial charge in [0.1, 0.15) is 0 Å². The molecule has 0 N–H and O–H groups in total. The Kier molecular flexibility index (Phi) is 9.61. The molecule has 0 heterocycles. The van der Waals surface area contributed by atoms with Crippen molar-refractivity contribution in [1.29, 1.82) is 0 Å². The molecule has 3 rings (SSSR count). The van der Waals surface area contributed by atoms with Crippen LogP contribution in [0.4, 0.5) is 0 Å². The van der Waals surface area contributed by atoms with Gasteiger partial charge in [-0.05, 0) is 43.7 Å². The maximum absolute atomic E-state index is 12.6. The average molecular weight is 422 g/mol. The Balaban J connectivity index is 1.82. The lowest BCUT2D eigenvalue weighted by molar-refractivity contribution is -0.145. The number of esters is 1. The lowest BCUT2D eigenvalue weighted by Gasteiger charge is -2.37. The molecule has 0 aliphatic heterocycles. The molecule has 3 heteroatoms. The summed E-state index contributed by atoms with van der Waals surface area (Å²) in [7, 11) is 0. The summed E-state index contributed by atoms with van der Waals surface area (Å²) in [5.74, 6) is 0.735. The molecule has 3 nitrogen and oxygen atoms in total. The first-order chi connectivity index (χ1) is 15.2. The van der Waals surface area contributed by atoms with E-state index in [4.69, 9.17) is 4.74 Å². The van der Waals surface area contributed by atoms with Crippen molar-refractivity contribution < 1.29 is 9.53 Å². The third-order valence-electron chi connectivity index (χ3n) is 6.80. The summed E-state index contributed by atoms with van der Waals surface area (Å²) in [4.78, 5) is 15.1. The van der Waals surface area contributed by atoms with Gasteiger partial charge >= 0.3 is 5.97 Å². The van der Waals surface area contributed by atoms with Crippen molar-refractivity contribution in [2.24, 2.45) is 5.92 Å². The molecular weight excluding hydrogens is 382 g/mol. The summed E-state index contributed by atoms with van der Waals surface area (Å²) >= 11 is 0. The van der Waals surface area contributed by atoms with Gasteiger partial charge in [0.2, 0.25) is 0 Å². The van der Waals surface area contributed by atoms with Crippen LogP contribution in [0.5, 0.6) is 0 Å². The number of carbonyl (C=O) groups excluding carboxylic acids is 1. The molecule has 1 fully saturated rings. The first-order valence-corrected chi connectivity index (χ1v) is 12.2. The maximum atomic E-state index is 12.6. The second-order valence-corrected chi connectivity index (χ2v) is 8.99. The molecule has 0 unspecified atom stereocenters. The second kappa shape index (κ2) is 12.7. The van der Waals surface area contributed by atoms with Gasteiger partial charge in [-0.15, -0.1) is 0 Å². The lowest BCUT2D eigenvalue weighted by atomic mass is 9.84. The summed E-state index contributed by atoms with van der Waals surface area (Å²) in [6.07, 6.45) is 9.52. The van der Waals surface area contributed by atoms with Crippen LogP contribution in [0.25, 0.3) is 0 Å². The van der Waals surface area contributed by atoms with Crippen LogP contribution in [-0.2, 0) is 16.1 Å². The van der Waals surface area contributed by atoms with Gasteiger partial charge < -0.3 is 4.74 Å². The van der Waals surface area contributed by atoms with E-state index in [1.807, 2.05) is 6.92 Å². The number of hydrogen-bond donors (Lipinski definition) is 0. The largest absolute Gasteiger partial charge is 0.466 e. The van der Waals surface area contributed by atoms with E-state index in [1.165, 1.54) is 49.7 Å². The molecule has 0 bridgehead atoms. The Morgan fingerprint density at radius 3 is 2.29 bits per heavy atom. The van der Waals surface area contributed by atoms with Crippen molar-refractivity contribution in [3.05, 3.63) is 71.8 Å². The smallest absolute Gasteiger partial charge is 0.307 e. The molecule has 1 aliphatic rings. The van der Waals surface area contributed by atoms with Crippen molar-refractivity contribution in [2.75, 3.05) is 6.61 Å². The summed E-state index contributed by atoms with van der Waals surface area (Å²) < 4.78 is 5.38. The van der Waals surface area contributed by atoms with Crippen molar-refractivity contribution in [1.82, 2.24) is 4.90 Å². The molecule has 0 radical (unpaired) electrons. The van der Waals surface area contributed by atoms with E-state index in [0.29, 0.717) is 13.0 Å². The molecular formula is C28H39NO2. The Morgan fingerprint density at radius 1 is 1.00 bits per heavy atom. The fourth-order valence-corrected chi connectivity index (χ4v) is 5.00. The molecule has 0 amide bonds. The van der Waals surface area contributed by atoms with Crippen LogP contribution in [0, 0.1) is 5.92 Å². The minimum atomic E-state index is -0.0746. The van der Waals surface area contributed by atoms with Gasteiger partial charge in [0.25, 0.3) is 0 Å². The van der Waals surface area contributed by atoms with Crippen LogP contribution in [-0.4, -0.2) is 23.5 Å². The Hall–Kier alpha value is -2.13. The molecule has 2 aromatic rings. The van der Waals surface area contributed by atoms with Crippen LogP contribution in [0.2, 0.25) is 0 Å². The summed E-state index contributed by atoms with van der Waals surface area (Å²) in [6, 6.07) is 21.7. The predicted octanol–water partition coefficient (Wildman–Crippen LogP) is 6.93. The lowest BCUT2D eigenvalue weighted by Crippen LogP contribution is -2.39. The molecule has 0 spiro atoms. The van der Waals surface area contributed by atoms with Gasteiger partial charge in [-0.2, -0.15) is 0 Å². The third kappa shape index (κ3) is 7.50. The first-order valence-electron chi connectivity index (χ1n) is 12.2. The third-order valence-corrected chi connectivity index (χ3v) is 6.80. The highest BCUT2D eigenvalue weighted by atomic mass is 16.5. The average Bonchev–Trinajstić information content (AvgIpc) is 2.82. The number of rotatable bonds is 11. The second-order valence-electron chi connectivity index (χ2n) is 8.99. The summed E-state index contributed by atoms with van der Waals surface area (Å²) in [5, 5.41) is 0. The van der Waals surface area contributed by atoms with Crippen molar-refractivity contribution in [2.45, 2.75) is 83.8 Å². The van der Waals surface area contributed by atoms with Crippen LogP contribution in [0.1, 0.15) is 82.4 Å². The molecule has 31 heavy (non-hydrogen) atoms. The van der Waals surface area contributed by atoms with Crippen LogP contribution < -0.4 is 0 Å².